The maximum Gasteiger partial charge on any atom is 0.328 e. The molecule has 0 aromatic heterocycles. The van der Waals surface area contributed by atoms with Crippen molar-refractivity contribution in [3.05, 3.63) is 35.9 Å². The van der Waals surface area contributed by atoms with Crippen LogP contribution in [-0.2, 0) is 20.7 Å². The maximum absolute atomic E-state index is 11.8. The lowest BCUT2D eigenvalue weighted by atomic mass is 10.1. The van der Waals surface area contributed by atoms with Gasteiger partial charge in [-0.2, -0.15) is 0 Å². The number of benzene rings is 1. The molecule has 0 aliphatic heterocycles. The monoisotopic (exact) mass is 309 g/mol. The Labute approximate surface area is 132 Å². The molecule has 124 valence electrons. The van der Waals surface area contributed by atoms with E-state index in [9.17, 15) is 9.59 Å². The average Bonchev–Trinajstić information content (AvgIpc) is 2.52. The van der Waals surface area contributed by atoms with E-state index in [1.807, 2.05) is 44.2 Å². The van der Waals surface area contributed by atoms with Crippen LogP contribution in [0, 0.1) is 0 Å². The first-order valence-electron chi connectivity index (χ1n) is 7.63. The lowest BCUT2D eigenvalue weighted by Crippen LogP contribution is -2.42. The number of hydrogen-bond donors (Lipinski definition) is 2. The second kappa shape index (κ2) is 12.8. The van der Waals surface area contributed by atoms with E-state index < -0.39 is 6.04 Å². The Morgan fingerprint density at radius 2 is 1.77 bits per heavy atom. The molecule has 0 aliphatic rings. The minimum absolute atomic E-state index is 0.232. The molecular formula is C17H27NO4. The van der Waals surface area contributed by atoms with Crippen molar-refractivity contribution in [3.63, 3.8) is 0 Å². The highest BCUT2D eigenvalue weighted by atomic mass is 16.5. The van der Waals surface area contributed by atoms with E-state index in [0.717, 1.165) is 18.4 Å². The van der Waals surface area contributed by atoms with Crippen molar-refractivity contribution in [2.45, 2.75) is 46.1 Å². The van der Waals surface area contributed by atoms with Crippen LogP contribution in [-0.4, -0.2) is 36.2 Å². The van der Waals surface area contributed by atoms with Gasteiger partial charge in [-0.3, -0.25) is 4.79 Å². The number of aliphatic hydroxyl groups is 1. The van der Waals surface area contributed by atoms with E-state index in [1.54, 1.807) is 0 Å². The Morgan fingerprint density at radius 3 is 2.23 bits per heavy atom. The van der Waals surface area contributed by atoms with Crippen LogP contribution in [0.4, 0.5) is 0 Å². The highest BCUT2D eigenvalue weighted by Crippen LogP contribution is 2.05. The van der Waals surface area contributed by atoms with Gasteiger partial charge >= 0.3 is 5.97 Å². The molecule has 1 amide bonds. The molecule has 1 aromatic carbocycles. The van der Waals surface area contributed by atoms with Crippen LogP contribution in [0.25, 0.3) is 0 Å². The van der Waals surface area contributed by atoms with Gasteiger partial charge in [-0.1, -0.05) is 44.2 Å². The summed E-state index contributed by atoms with van der Waals surface area (Å²) < 4.78 is 5.07. The van der Waals surface area contributed by atoms with Crippen molar-refractivity contribution in [2.75, 3.05) is 13.2 Å². The lowest BCUT2D eigenvalue weighted by Gasteiger charge is -2.16. The number of carbonyl (C=O) groups excluding carboxylic acids is 2. The molecule has 0 aliphatic carbocycles. The average molecular weight is 309 g/mol. The molecule has 5 nitrogen and oxygen atoms in total. The van der Waals surface area contributed by atoms with Gasteiger partial charge in [0.25, 0.3) is 0 Å². The van der Waals surface area contributed by atoms with Gasteiger partial charge in [-0.05, 0) is 18.4 Å². The lowest BCUT2D eigenvalue weighted by molar-refractivity contribution is -0.147. The molecule has 0 heterocycles. The summed E-state index contributed by atoms with van der Waals surface area (Å²) in [4.78, 5) is 22.9. The smallest absolute Gasteiger partial charge is 0.328 e. The SMILES string of the molecule is CCCO.CCCOC(=O)[C@H](Cc1ccccc1)NC(C)=O. The predicted molar refractivity (Wildman–Crippen MR) is 86.4 cm³/mol. The van der Waals surface area contributed by atoms with E-state index >= 15 is 0 Å². The third kappa shape index (κ3) is 9.94. The van der Waals surface area contributed by atoms with Crippen LogP contribution >= 0.6 is 0 Å². The van der Waals surface area contributed by atoms with E-state index in [1.165, 1.54) is 6.92 Å². The number of ether oxygens (including phenoxy) is 1. The van der Waals surface area contributed by atoms with E-state index in [0.29, 0.717) is 19.6 Å². The van der Waals surface area contributed by atoms with E-state index in [2.05, 4.69) is 5.32 Å². The molecule has 0 bridgehead atoms. The number of nitrogens with one attached hydrogen (secondary N) is 1. The first kappa shape index (κ1) is 20.1. The summed E-state index contributed by atoms with van der Waals surface area (Å²) in [5.74, 6) is -0.611. The number of esters is 1. The number of rotatable bonds is 7. The molecule has 0 saturated heterocycles. The van der Waals surface area contributed by atoms with Gasteiger partial charge in [0.15, 0.2) is 0 Å². The van der Waals surface area contributed by atoms with Gasteiger partial charge in [0.1, 0.15) is 6.04 Å². The van der Waals surface area contributed by atoms with Crippen molar-refractivity contribution in [1.82, 2.24) is 5.32 Å². The summed E-state index contributed by atoms with van der Waals surface area (Å²) in [5.41, 5.74) is 0.990. The normalized spacial score (nSPS) is 10.9. The largest absolute Gasteiger partial charge is 0.464 e. The summed E-state index contributed by atoms with van der Waals surface area (Å²) in [5, 5.41) is 10.5. The van der Waals surface area contributed by atoms with Gasteiger partial charge in [0.05, 0.1) is 6.61 Å². The second-order valence-electron chi connectivity index (χ2n) is 4.83. The van der Waals surface area contributed by atoms with E-state index in [4.69, 9.17) is 9.84 Å². The Hall–Kier alpha value is -1.88. The van der Waals surface area contributed by atoms with Crippen LogP contribution < -0.4 is 5.32 Å². The highest BCUT2D eigenvalue weighted by Gasteiger charge is 2.21. The first-order valence-corrected chi connectivity index (χ1v) is 7.63. The molecule has 5 heteroatoms. The Balaban J connectivity index is 0.000000980. The molecule has 2 N–H and O–H groups in total. The summed E-state index contributed by atoms with van der Waals surface area (Å²) in [6.45, 7) is 5.95. The van der Waals surface area contributed by atoms with E-state index in [-0.39, 0.29) is 11.9 Å². The van der Waals surface area contributed by atoms with Gasteiger partial charge in [-0.15, -0.1) is 0 Å². The third-order valence-electron chi connectivity index (χ3n) is 2.62. The van der Waals surface area contributed by atoms with Crippen LogP contribution in [0.1, 0.15) is 39.2 Å². The zero-order chi connectivity index (χ0) is 16.8. The zero-order valence-corrected chi connectivity index (χ0v) is 13.7. The maximum atomic E-state index is 11.8. The highest BCUT2D eigenvalue weighted by molar-refractivity contribution is 5.83. The predicted octanol–water partition coefficient (Wildman–Crippen LogP) is 2.08. The van der Waals surface area contributed by atoms with Crippen LogP contribution in [0.15, 0.2) is 30.3 Å². The van der Waals surface area contributed by atoms with Crippen LogP contribution in [0.3, 0.4) is 0 Å². The van der Waals surface area contributed by atoms with Gasteiger partial charge < -0.3 is 15.2 Å². The molecule has 0 saturated carbocycles. The van der Waals surface area contributed by atoms with Crippen molar-refractivity contribution in [3.8, 4) is 0 Å². The Kier molecular flexibility index (Phi) is 11.7. The summed E-state index contributed by atoms with van der Waals surface area (Å²) in [7, 11) is 0. The fraction of sp³-hybridized carbons (Fsp3) is 0.529. The zero-order valence-electron chi connectivity index (χ0n) is 13.7. The quantitative estimate of drug-likeness (QED) is 0.756. The minimum Gasteiger partial charge on any atom is -0.464 e. The first-order chi connectivity index (χ1) is 10.5. The number of carbonyl (C=O) groups is 2. The van der Waals surface area contributed by atoms with Gasteiger partial charge in [0, 0.05) is 20.0 Å². The summed E-state index contributed by atoms with van der Waals surface area (Å²) >= 11 is 0. The third-order valence-corrected chi connectivity index (χ3v) is 2.62. The summed E-state index contributed by atoms with van der Waals surface area (Å²) in [6.07, 6.45) is 2.09. The number of amides is 1. The van der Waals surface area contributed by atoms with Crippen LogP contribution in [0.5, 0.6) is 0 Å². The fourth-order valence-corrected chi connectivity index (χ4v) is 1.59. The molecule has 0 fully saturated rings. The standard InChI is InChI=1S/C14H19NO3.C3H8O/c1-3-9-18-14(17)13(15-11(2)16)10-12-7-5-4-6-8-12;1-2-3-4/h4-8,13H,3,9-10H2,1-2H3,(H,15,16);4H,2-3H2,1H3/t13-;/m0./s1. The van der Waals surface area contributed by atoms with Gasteiger partial charge in [0.2, 0.25) is 5.91 Å². The van der Waals surface area contributed by atoms with Gasteiger partial charge in [-0.25, -0.2) is 4.79 Å². The summed E-state index contributed by atoms with van der Waals surface area (Å²) in [6, 6.07) is 8.93. The molecule has 1 rings (SSSR count). The minimum atomic E-state index is -0.614. The van der Waals surface area contributed by atoms with Crippen molar-refractivity contribution in [1.29, 1.82) is 0 Å². The molecule has 0 radical (unpaired) electrons. The second-order valence-corrected chi connectivity index (χ2v) is 4.83. The topological polar surface area (TPSA) is 75.6 Å². The molecule has 0 spiro atoms. The number of hydrogen-bond acceptors (Lipinski definition) is 4. The molecule has 0 unspecified atom stereocenters. The Bertz CT molecular complexity index is 418. The molecule has 1 aromatic rings. The molecular weight excluding hydrogens is 282 g/mol. The number of aliphatic hydroxyl groups excluding tert-OH is 1. The Morgan fingerprint density at radius 1 is 1.18 bits per heavy atom. The fourth-order valence-electron chi connectivity index (χ4n) is 1.59. The van der Waals surface area contributed by atoms with Crippen molar-refractivity contribution in [2.24, 2.45) is 0 Å². The molecule has 1 atom stereocenters. The molecule has 22 heavy (non-hydrogen) atoms. The van der Waals surface area contributed by atoms with Crippen molar-refractivity contribution < 1.29 is 19.4 Å². The van der Waals surface area contributed by atoms with Crippen molar-refractivity contribution >= 4 is 11.9 Å². The van der Waals surface area contributed by atoms with Crippen LogP contribution in [0.2, 0.25) is 0 Å².